The molecule has 0 saturated carbocycles. The van der Waals surface area contributed by atoms with E-state index >= 15 is 0 Å². The lowest BCUT2D eigenvalue weighted by atomic mass is 10.0. The topological polar surface area (TPSA) is 39.2 Å². The molecule has 110 valence electrons. The van der Waals surface area contributed by atoms with Gasteiger partial charge in [0.1, 0.15) is 11.4 Å². The number of carbonyl (C=O) groups excluding carboxylic acids is 1. The smallest absolute Gasteiger partial charge is 0.417 e. The Morgan fingerprint density at radius 3 is 2.43 bits per heavy atom. The minimum atomic E-state index is -4.48. The maximum absolute atomic E-state index is 12.5. The molecule has 0 aliphatic carbocycles. The lowest BCUT2D eigenvalue weighted by molar-refractivity contribution is -0.137. The molecule has 2 aromatic rings. The summed E-state index contributed by atoms with van der Waals surface area (Å²) in [5.74, 6) is -0.128. The van der Waals surface area contributed by atoms with Gasteiger partial charge >= 0.3 is 6.18 Å². The molecule has 1 aromatic carbocycles. The summed E-state index contributed by atoms with van der Waals surface area (Å²) < 4.78 is 42.5. The van der Waals surface area contributed by atoms with Crippen LogP contribution in [0.1, 0.15) is 27.2 Å². The summed E-state index contributed by atoms with van der Waals surface area (Å²) in [6.07, 6.45) is -3.83. The first-order valence-corrected chi connectivity index (χ1v) is 6.05. The van der Waals surface area contributed by atoms with Crippen LogP contribution in [0.4, 0.5) is 13.2 Å². The molecule has 0 bridgehead atoms. The summed E-state index contributed by atoms with van der Waals surface area (Å²) >= 11 is 0. The van der Waals surface area contributed by atoms with E-state index in [0.29, 0.717) is 11.9 Å². The highest BCUT2D eigenvalue weighted by atomic mass is 19.4. The molecule has 0 atom stereocenters. The van der Waals surface area contributed by atoms with E-state index in [1.807, 2.05) is 0 Å². The quantitative estimate of drug-likeness (QED) is 0.811. The number of hydrogen-bond acceptors (Lipinski definition) is 3. The van der Waals surface area contributed by atoms with Gasteiger partial charge in [-0.1, -0.05) is 11.6 Å². The lowest BCUT2D eigenvalue weighted by Crippen LogP contribution is -2.10. The number of alkyl halides is 3. The third-order valence-electron chi connectivity index (χ3n) is 2.92. The number of rotatable bonds is 3. The van der Waals surface area contributed by atoms with Gasteiger partial charge in [0.05, 0.1) is 18.2 Å². The Bertz CT molecular complexity index is 664. The molecule has 1 heterocycles. The Morgan fingerprint density at radius 1 is 1.19 bits per heavy atom. The van der Waals surface area contributed by atoms with Gasteiger partial charge in [0, 0.05) is 6.20 Å². The van der Waals surface area contributed by atoms with Crippen molar-refractivity contribution in [3.05, 3.63) is 58.9 Å². The number of nitrogens with zero attached hydrogens (tertiary/aromatic N) is 1. The predicted octanol–water partition coefficient (Wildman–Crippen LogP) is 3.65. The summed E-state index contributed by atoms with van der Waals surface area (Å²) in [7, 11) is 1.42. The molecule has 1 aromatic heterocycles. The Kier molecular flexibility index (Phi) is 3.97. The maximum atomic E-state index is 12.5. The summed E-state index contributed by atoms with van der Waals surface area (Å²) in [5, 5.41) is 0. The Balaban J connectivity index is 2.39. The van der Waals surface area contributed by atoms with Crippen molar-refractivity contribution in [2.45, 2.75) is 13.1 Å². The van der Waals surface area contributed by atoms with Crippen molar-refractivity contribution in [3.8, 4) is 5.75 Å². The first-order chi connectivity index (χ1) is 9.82. The molecule has 0 radical (unpaired) electrons. The molecule has 2 rings (SSSR count). The Morgan fingerprint density at radius 2 is 1.90 bits per heavy atom. The molecule has 6 heteroatoms. The minimum absolute atomic E-state index is 0.0631. The third kappa shape index (κ3) is 3.21. The van der Waals surface area contributed by atoms with Gasteiger partial charge < -0.3 is 4.74 Å². The molecule has 3 nitrogen and oxygen atoms in total. The predicted molar refractivity (Wildman–Crippen MR) is 70.4 cm³/mol. The standard InChI is InChI=1S/C15H12F3NO2/c1-9-3-6-13(21-2)11(7-9)14(20)12-5-4-10(8-19-12)15(16,17)18/h3-8H,1-2H3. The summed E-state index contributed by atoms with van der Waals surface area (Å²) in [4.78, 5) is 15.9. The Hall–Kier alpha value is -2.37. The van der Waals surface area contributed by atoms with Gasteiger partial charge in [-0.05, 0) is 31.2 Å². The molecule has 0 fully saturated rings. The third-order valence-corrected chi connectivity index (χ3v) is 2.92. The normalized spacial score (nSPS) is 11.3. The first kappa shape index (κ1) is 15.0. The molecular weight excluding hydrogens is 283 g/mol. The van der Waals surface area contributed by atoms with Gasteiger partial charge in [-0.25, -0.2) is 0 Å². The van der Waals surface area contributed by atoms with Crippen molar-refractivity contribution < 1.29 is 22.7 Å². The van der Waals surface area contributed by atoms with E-state index < -0.39 is 17.5 Å². The zero-order valence-electron chi connectivity index (χ0n) is 11.4. The van der Waals surface area contributed by atoms with Crippen molar-refractivity contribution in [3.63, 3.8) is 0 Å². The van der Waals surface area contributed by atoms with Crippen LogP contribution < -0.4 is 4.74 Å². The van der Waals surface area contributed by atoms with E-state index in [-0.39, 0.29) is 11.3 Å². The molecule has 0 aliphatic rings. The largest absolute Gasteiger partial charge is 0.496 e. The summed E-state index contributed by atoms with van der Waals surface area (Å²) in [6.45, 7) is 1.80. The fourth-order valence-electron chi connectivity index (χ4n) is 1.83. The fraction of sp³-hybridized carbons (Fsp3) is 0.200. The van der Waals surface area contributed by atoms with Gasteiger partial charge in [-0.3, -0.25) is 9.78 Å². The van der Waals surface area contributed by atoms with E-state index in [0.717, 1.165) is 17.7 Å². The van der Waals surface area contributed by atoms with Crippen LogP contribution in [0.2, 0.25) is 0 Å². The molecule has 0 saturated heterocycles. The van der Waals surface area contributed by atoms with Gasteiger partial charge in [-0.2, -0.15) is 13.2 Å². The molecule has 0 spiro atoms. The van der Waals surface area contributed by atoms with Gasteiger partial charge in [-0.15, -0.1) is 0 Å². The summed E-state index contributed by atoms with van der Waals surface area (Å²) in [6, 6.07) is 6.92. The van der Waals surface area contributed by atoms with E-state index in [1.165, 1.54) is 7.11 Å². The number of ketones is 1. The molecule has 0 amide bonds. The van der Waals surface area contributed by atoms with Gasteiger partial charge in [0.15, 0.2) is 0 Å². The van der Waals surface area contributed by atoms with Gasteiger partial charge in [0.2, 0.25) is 5.78 Å². The minimum Gasteiger partial charge on any atom is -0.496 e. The van der Waals surface area contributed by atoms with E-state index in [9.17, 15) is 18.0 Å². The second-order valence-corrected chi connectivity index (χ2v) is 4.46. The number of aryl methyl sites for hydroxylation is 1. The number of halogens is 3. The van der Waals surface area contributed by atoms with E-state index in [1.54, 1.807) is 25.1 Å². The highest BCUT2D eigenvalue weighted by Crippen LogP contribution is 2.29. The highest BCUT2D eigenvalue weighted by Gasteiger charge is 2.31. The van der Waals surface area contributed by atoms with Crippen LogP contribution in [0.3, 0.4) is 0 Å². The SMILES string of the molecule is COc1ccc(C)cc1C(=O)c1ccc(C(F)(F)F)cn1. The van der Waals surface area contributed by atoms with Crippen molar-refractivity contribution in [1.82, 2.24) is 4.98 Å². The van der Waals surface area contributed by atoms with Crippen LogP contribution in [0.15, 0.2) is 36.5 Å². The summed E-state index contributed by atoms with van der Waals surface area (Å²) in [5.41, 5.74) is 0.151. The Labute approximate surface area is 119 Å². The molecule has 0 aliphatic heterocycles. The zero-order valence-corrected chi connectivity index (χ0v) is 11.4. The van der Waals surface area contributed by atoms with Crippen LogP contribution >= 0.6 is 0 Å². The molecule has 0 unspecified atom stereocenters. The van der Waals surface area contributed by atoms with E-state index in [2.05, 4.69) is 4.98 Å². The number of pyridine rings is 1. The number of hydrogen-bond donors (Lipinski definition) is 0. The molecule has 0 N–H and O–H groups in total. The average molecular weight is 295 g/mol. The number of ether oxygens (including phenoxy) is 1. The van der Waals surface area contributed by atoms with Gasteiger partial charge in [0.25, 0.3) is 0 Å². The second kappa shape index (κ2) is 5.55. The van der Waals surface area contributed by atoms with Crippen LogP contribution in [0.25, 0.3) is 0 Å². The van der Waals surface area contributed by atoms with Crippen molar-refractivity contribution in [1.29, 1.82) is 0 Å². The van der Waals surface area contributed by atoms with E-state index in [4.69, 9.17) is 4.74 Å². The number of aromatic nitrogens is 1. The highest BCUT2D eigenvalue weighted by molar-refractivity contribution is 6.09. The van der Waals surface area contributed by atoms with Crippen LogP contribution in [0.5, 0.6) is 5.75 Å². The number of methoxy groups -OCH3 is 1. The van der Waals surface area contributed by atoms with Crippen LogP contribution in [0, 0.1) is 6.92 Å². The number of benzene rings is 1. The average Bonchev–Trinajstić information content (AvgIpc) is 2.45. The van der Waals surface area contributed by atoms with Crippen LogP contribution in [-0.4, -0.2) is 17.9 Å². The first-order valence-electron chi connectivity index (χ1n) is 6.05. The van der Waals surface area contributed by atoms with Crippen LogP contribution in [-0.2, 0) is 6.18 Å². The maximum Gasteiger partial charge on any atom is 0.417 e. The molecular formula is C15H12F3NO2. The van der Waals surface area contributed by atoms with Crippen molar-refractivity contribution >= 4 is 5.78 Å². The monoisotopic (exact) mass is 295 g/mol. The van der Waals surface area contributed by atoms with Crippen molar-refractivity contribution in [2.24, 2.45) is 0 Å². The fourth-order valence-corrected chi connectivity index (χ4v) is 1.83. The zero-order chi connectivity index (χ0) is 15.6. The number of carbonyl (C=O) groups is 1. The van der Waals surface area contributed by atoms with Crippen molar-refractivity contribution in [2.75, 3.05) is 7.11 Å². The lowest BCUT2D eigenvalue weighted by Gasteiger charge is -2.09. The second-order valence-electron chi connectivity index (χ2n) is 4.46. The molecule has 21 heavy (non-hydrogen) atoms.